The Labute approximate surface area is 112 Å². The van der Waals surface area contributed by atoms with Crippen LogP contribution in [0, 0.1) is 10.1 Å². The van der Waals surface area contributed by atoms with E-state index in [2.05, 4.69) is 6.92 Å². The molecular formula is C12H16N2O4S. The van der Waals surface area contributed by atoms with E-state index in [0.717, 1.165) is 19.3 Å². The third kappa shape index (κ3) is 2.93. The van der Waals surface area contributed by atoms with E-state index >= 15 is 0 Å². The van der Waals surface area contributed by atoms with Crippen LogP contribution in [0.3, 0.4) is 0 Å². The molecule has 0 bridgehead atoms. The van der Waals surface area contributed by atoms with Gasteiger partial charge in [0, 0.05) is 24.7 Å². The van der Waals surface area contributed by atoms with Crippen molar-refractivity contribution in [3.8, 4) is 0 Å². The highest BCUT2D eigenvalue weighted by molar-refractivity contribution is 7.89. The number of nitrogens with zero attached hydrogens (tertiary/aromatic N) is 2. The maximum absolute atomic E-state index is 12.2. The third-order valence-electron chi connectivity index (χ3n) is 3.21. The number of sulfonamides is 1. The summed E-state index contributed by atoms with van der Waals surface area (Å²) in [5, 5.41) is 10.5. The Morgan fingerprint density at radius 1 is 1.37 bits per heavy atom. The molecule has 2 atom stereocenters. The maximum atomic E-state index is 12.2. The predicted molar refractivity (Wildman–Crippen MR) is 70.3 cm³/mol. The van der Waals surface area contributed by atoms with Gasteiger partial charge in [-0.2, -0.15) is 4.31 Å². The summed E-state index contributed by atoms with van der Waals surface area (Å²) < 4.78 is 25.9. The summed E-state index contributed by atoms with van der Waals surface area (Å²) in [6.07, 6.45) is 2.93. The standard InChI is InChI=1S/C12H16N2O4S/c1-2-3-4-11-9-13(11)19(17,18)12-7-5-10(6-8-12)14(15)16/h5-8,11H,2-4,9H2,1H3/t11-,13?/m1/s1. The minimum Gasteiger partial charge on any atom is -0.258 e. The van der Waals surface area contributed by atoms with E-state index < -0.39 is 14.9 Å². The lowest BCUT2D eigenvalue weighted by molar-refractivity contribution is -0.384. The largest absolute Gasteiger partial charge is 0.269 e. The van der Waals surface area contributed by atoms with Gasteiger partial charge in [0.05, 0.1) is 9.82 Å². The fourth-order valence-corrected chi connectivity index (χ4v) is 3.62. The molecule has 0 radical (unpaired) electrons. The molecule has 1 heterocycles. The molecule has 1 saturated heterocycles. The first-order chi connectivity index (χ1) is 8.96. The van der Waals surface area contributed by atoms with Gasteiger partial charge in [-0.3, -0.25) is 10.1 Å². The topological polar surface area (TPSA) is 80.3 Å². The first-order valence-electron chi connectivity index (χ1n) is 6.23. The number of hydrogen-bond acceptors (Lipinski definition) is 4. The zero-order valence-electron chi connectivity index (χ0n) is 10.7. The van der Waals surface area contributed by atoms with Gasteiger partial charge in [-0.05, 0) is 18.6 Å². The summed E-state index contributed by atoms with van der Waals surface area (Å²) >= 11 is 0. The molecule has 0 saturated carbocycles. The SMILES string of the molecule is CCCC[C@@H]1CN1S(=O)(=O)c1ccc([N+](=O)[O-])cc1. The second-order valence-electron chi connectivity index (χ2n) is 4.62. The third-order valence-corrected chi connectivity index (χ3v) is 5.14. The summed E-state index contributed by atoms with van der Waals surface area (Å²) in [5.74, 6) is 0. The molecular weight excluding hydrogens is 268 g/mol. The molecule has 0 aliphatic carbocycles. The predicted octanol–water partition coefficient (Wildman–Crippen LogP) is 2.16. The first kappa shape index (κ1) is 14.0. The number of nitro benzene ring substituents is 1. The highest BCUT2D eigenvalue weighted by Gasteiger charge is 2.43. The molecule has 1 aliphatic heterocycles. The van der Waals surface area contributed by atoms with Crippen LogP contribution in [0.5, 0.6) is 0 Å². The van der Waals surface area contributed by atoms with Gasteiger partial charge >= 0.3 is 0 Å². The van der Waals surface area contributed by atoms with Crippen molar-refractivity contribution in [2.24, 2.45) is 0 Å². The average Bonchev–Trinajstić information content (AvgIpc) is 3.16. The van der Waals surface area contributed by atoms with Crippen molar-refractivity contribution in [3.63, 3.8) is 0 Å². The van der Waals surface area contributed by atoms with Crippen molar-refractivity contribution in [2.45, 2.75) is 37.1 Å². The van der Waals surface area contributed by atoms with Gasteiger partial charge in [0.1, 0.15) is 0 Å². The van der Waals surface area contributed by atoms with Gasteiger partial charge in [0.15, 0.2) is 0 Å². The van der Waals surface area contributed by atoms with E-state index in [1.54, 1.807) is 0 Å². The quantitative estimate of drug-likeness (QED) is 0.455. The van der Waals surface area contributed by atoms with Crippen molar-refractivity contribution >= 4 is 15.7 Å². The zero-order chi connectivity index (χ0) is 14.0. The minimum atomic E-state index is -3.48. The van der Waals surface area contributed by atoms with E-state index in [4.69, 9.17) is 0 Å². The second-order valence-corrected chi connectivity index (χ2v) is 6.51. The number of nitro groups is 1. The lowest BCUT2D eigenvalue weighted by Gasteiger charge is -2.05. The molecule has 104 valence electrons. The summed E-state index contributed by atoms with van der Waals surface area (Å²) in [5.41, 5.74) is -0.104. The number of rotatable bonds is 6. The molecule has 0 amide bonds. The second kappa shape index (κ2) is 5.26. The molecule has 6 nitrogen and oxygen atoms in total. The van der Waals surface area contributed by atoms with E-state index in [-0.39, 0.29) is 16.6 Å². The first-order valence-corrected chi connectivity index (χ1v) is 7.67. The Bertz CT molecular complexity index is 568. The maximum Gasteiger partial charge on any atom is 0.269 e. The van der Waals surface area contributed by atoms with Crippen molar-refractivity contribution in [2.75, 3.05) is 6.54 Å². The molecule has 7 heteroatoms. The van der Waals surface area contributed by atoms with Crippen LogP contribution in [0.15, 0.2) is 29.2 Å². The van der Waals surface area contributed by atoms with Crippen molar-refractivity contribution in [3.05, 3.63) is 34.4 Å². The van der Waals surface area contributed by atoms with Crippen molar-refractivity contribution in [1.82, 2.24) is 4.31 Å². The Hall–Kier alpha value is -1.47. The normalized spacial score (nSPS) is 22.2. The van der Waals surface area contributed by atoms with E-state index in [1.165, 1.54) is 28.6 Å². The van der Waals surface area contributed by atoms with Gasteiger partial charge in [-0.25, -0.2) is 8.42 Å². The number of benzene rings is 1. The highest BCUT2D eigenvalue weighted by atomic mass is 32.2. The molecule has 0 N–H and O–H groups in total. The minimum absolute atomic E-state index is 0.0974. The molecule has 1 aromatic carbocycles. The van der Waals surface area contributed by atoms with E-state index in [0.29, 0.717) is 6.54 Å². The summed E-state index contributed by atoms with van der Waals surface area (Å²) in [7, 11) is -3.48. The molecule has 0 spiro atoms. The molecule has 1 aromatic rings. The van der Waals surface area contributed by atoms with Crippen LogP contribution >= 0.6 is 0 Å². The van der Waals surface area contributed by atoms with Gasteiger partial charge in [-0.1, -0.05) is 19.8 Å². The highest BCUT2D eigenvalue weighted by Crippen LogP contribution is 2.31. The molecule has 2 rings (SSSR count). The molecule has 0 aromatic heterocycles. The van der Waals surface area contributed by atoms with Crippen LogP contribution in [0.1, 0.15) is 26.2 Å². The van der Waals surface area contributed by atoms with Crippen LogP contribution < -0.4 is 0 Å². The van der Waals surface area contributed by atoms with Crippen molar-refractivity contribution < 1.29 is 13.3 Å². The Kier molecular flexibility index (Phi) is 3.86. The fourth-order valence-electron chi connectivity index (χ4n) is 2.01. The van der Waals surface area contributed by atoms with Gasteiger partial charge in [0.25, 0.3) is 5.69 Å². The van der Waals surface area contributed by atoms with Gasteiger partial charge in [0.2, 0.25) is 10.0 Å². The van der Waals surface area contributed by atoms with Crippen LogP contribution in [0.25, 0.3) is 0 Å². The monoisotopic (exact) mass is 284 g/mol. The fraction of sp³-hybridized carbons (Fsp3) is 0.500. The summed E-state index contributed by atoms with van der Waals surface area (Å²) in [6, 6.07) is 5.13. The molecule has 1 aliphatic rings. The lowest BCUT2D eigenvalue weighted by atomic mass is 10.2. The molecule has 1 unspecified atom stereocenters. The lowest BCUT2D eigenvalue weighted by Crippen LogP contribution is -2.14. The average molecular weight is 284 g/mol. The zero-order valence-corrected chi connectivity index (χ0v) is 11.5. The number of unbranched alkanes of at least 4 members (excludes halogenated alkanes) is 1. The van der Waals surface area contributed by atoms with Crippen LogP contribution in [-0.2, 0) is 10.0 Å². The van der Waals surface area contributed by atoms with Crippen LogP contribution in [-0.4, -0.2) is 30.2 Å². The Balaban J connectivity index is 2.11. The van der Waals surface area contributed by atoms with Crippen molar-refractivity contribution in [1.29, 1.82) is 0 Å². The van der Waals surface area contributed by atoms with E-state index in [1.807, 2.05) is 0 Å². The van der Waals surface area contributed by atoms with E-state index in [9.17, 15) is 18.5 Å². The van der Waals surface area contributed by atoms with Crippen LogP contribution in [0.2, 0.25) is 0 Å². The van der Waals surface area contributed by atoms with Gasteiger partial charge < -0.3 is 0 Å². The Morgan fingerprint density at radius 2 is 2.00 bits per heavy atom. The smallest absolute Gasteiger partial charge is 0.258 e. The molecule has 1 fully saturated rings. The number of hydrogen-bond donors (Lipinski definition) is 0. The molecule has 19 heavy (non-hydrogen) atoms. The summed E-state index contributed by atoms with van der Waals surface area (Å²) in [4.78, 5) is 10.1. The Morgan fingerprint density at radius 3 is 2.53 bits per heavy atom. The number of non-ortho nitro benzene ring substituents is 1. The summed E-state index contributed by atoms with van der Waals surface area (Å²) in [6.45, 7) is 2.62. The van der Waals surface area contributed by atoms with Gasteiger partial charge in [-0.15, -0.1) is 0 Å². The van der Waals surface area contributed by atoms with Crippen LogP contribution in [0.4, 0.5) is 5.69 Å².